The molecule has 0 bridgehead atoms. The maximum Gasteiger partial charge on any atom is 0.311 e. The van der Waals surface area contributed by atoms with Gasteiger partial charge in [-0.1, -0.05) is 0 Å². The lowest BCUT2D eigenvalue weighted by Crippen LogP contribution is -2.36. The van der Waals surface area contributed by atoms with Crippen molar-refractivity contribution in [2.45, 2.75) is 32.8 Å². The minimum Gasteiger partial charge on any atom is -0.393 e. The second kappa shape index (κ2) is 9.04. The van der Waals surface area contributed by atoms with E-state index in [1.54, 1.807) is 18.2 Å². The van der Waals surface area contributed by atoms with Gasteiger partial charge < -0.3 is 20.2 Å². The van der Waals surface area contributed by atoms with E-state index in [4.69, 9.17) is 0 Å². The molecule has 0 amide bonds. The highest BCUT2D eigenvalue weighted by atomic mass is 19.1. The van der Waals surface area contributed by atoms with Gasteiger partial charge in [0.15, 0.2) is 0 Å². The van der Waals surface area contributed by atoms with Gasteiger partial charge in [-0.15, -0.1) is 0 Å². The topological polar surface area (TPSA) is 94.8 Å². The number of nitro groups is 1. The third-order valence-electron chi connectivity index (χ3n) is 5.16. The Morgan fingerprint density at radius 3 is 2.55 bits per heavy atom. The first-order chi connectivity index (χ1) is 13.9. The zero-order valence-corrected chi connectivity index (χ0v) is 16.6. The Bertz CT molecular complexity index is 867. The molecule has 2 heterocycles. The molecular weight excluding hydrogens is 377 g/mol. The summed E-state index contributed by atoms with van der Waals surface area (Å²) in [5.41, 5.74) is 0.697. The molecule has 1 aliphatic rings. The molecule has 1 fully saturated rings. The molecule has 1 aromatic heterocycles. The number of benzene rings is 1. The second-order valence-corrected chi connectivity index (χ2v) is 6.98. The highest BCUT2D eigenvalue weighted by Gasteiger charge is 2.22. The van der Waals surface area contributed by atoms with E-state index in [9.17, 15) is 19.6 Å². The van der Waals surface area contributed by atoms with Crippen molar-refractivity contribution < 1.29 is 14.4 Å². The van der Waals surface area contributed by atoms with Crippen molar-refractivity contribution in [3.63, 3.8) is 0 Å². The normalized spacial score (nSPS) is 14.7. The standard InChI is InChI=1S/C20H26FN5O3/c1-3-24(4-2)17-6-5-14(13-16(17)21)22-20-18(26(28)29)7-8-19(23-20)25-11-9-15(27)10-12-25/h5-8,13,15,27H,3-4,9-12H2,1-2H3,(H,22,23). The van der Waals surface area contributed by atoms with Crippen LogP contribution in [0.25, 0.3) is 0 Å². The Morgan fingerprint density at radius 2 is 1.97 bits per heavy atom. The van der Waals surface area contributed by atoms with Crippen LogP contribution in [0.3, 0.4) is 0 Å². The number of piperidine rings is 1. The van der Waals surface area contributed by atoms with Crippen LogP contribution >= 0.6 is 0 Å². The van der Waals surface area contributed by atoms with Gasteiger partial charge in [0, 0.05) is 37.9 Å². The number of pyridine rings is 1. The van der Waals surface area contributed by atoms with Crippen LogP contribution in [0.1, 0.15) is 26.7 Å². The van der Waals surface area contributed by atoms with Crippen LogP contribution in [0, 0.1) is 15.9 Å². The van der Waals surface area contributed by atoms with Crippen LogP contribution in [-0.4, -0.2) is 47.3 Å². The molecule has 0 aliphatic carbocycles. The van der Waals surface area contributed by atoms with Gasteiger partial charge in [0.25, 0.3) is 0 Å². The lowest BCUT2D eigenvalue weighted by molar-refractivity contribution is -0.384. The van der Waals surface area contributed by atoms with Gasteiger partial charge in [0.1, 0.15) is 11.6 Å². The SMILES string of the molecule is CCN(CC)c1ccc(Nc2nc(N3CCC(O)CC3)ccc2[N+](=O)[O-])cc1F. The van der Waals surface area contributed by atoms with Crippen molar-refractivity contribution >= 4 is 28.7 Å². The fourth-order valence-corrected chi connectivity index (χ4v) is 3.49. The number of nitrogens with one attached hydrogen (secondary N) is 1. The van der Waals surface area contributed by atoms with E-state index in [1.807, 2.05) is 23.6 Å². The largest absolute Gasteiger partial charge is 0.393 e. The van der Waals surface area contributed by atoms with E-state index in [-0.39, 0.29) is 17.6 Å². The number of anilines is 4. The van der Waals surface area contributed by atoms with Crippen molar-refractivity contribution in [1.82, 2.24) is 4.98 Å². The van der Waals surface area contributed by atoms with Gasteiger partial charge in [-0.05, 0) is 51.0 Å². The first-order valence-electron chi connectivity index (χ1n) is 9.82. The highest BCUT2D eigenvalue weighted by Crippen LogP contribution is 2.31. The smallest absolute Gasteiger partial charge is 0.311 e. The fourth-order valence-electron chi connectivity index (χ4n) is 3.49. The van der Waals surface area contributed by atoms with E-state index >= 15 is 0 Å². The summed E-state index contributed by atoms with van der Waals surface area (Å²) in [5.74, 6) is 0.251. The summed E-state index contributed by atoms with van der Waals surface area (Å²) in [7, 11) is 0. The molecule has 3 rings (SSSR count). The first-order valence-corrected chi connectivity index (χ1v) is 9.82. The molecule has 0 radical (unpaired) electrons. The molecule has 1 aromatic carbocycles. The summed E-state index contributed by atoms with van der Waals surface area (Å²) in [4.78, 5) is 19.2. The molecule has 1 saturated heterocycles. The Labute approximate surface area is 169 Å². The average Bonchev–Trinajstić information content (AvgIpc) is 2.70. The number of rotatable bonds is 7. The molecule has 8 nitrogen and oxygen atoms in total. The maximum absolute atomic E-state index is 14.6. The van der Waals surface area contributed by atoms with Gasteiger partial charge in [-0.3, -0.25) is 10.1 Å². The fraction of sp³-hybridized carbons (Fsp3) is 0.450. The first kappa shape index (κ1) is 20.8. The average molecular weight is 403 g/mol. The lowest BCUT2D eigenvalue weighted by Gasteiger charge is -2.30. The molecule has 2 N–H and O–H groups in total. The number of aromatic nitrogens is 1. The molecule has 1 aliphatic heterocycles. The zero-order chi connectivity index (χ0) is 21.0. The van der Waals surface area contributed by atoms with Crippen molar-refractivity contribution in [3.8, 4) is 0 Å². The van der Waals surface area contributed by atoms with E-state index in [1.165, 1.54) is 12.1 Å². The van der Waals surface area contributed by atoms with Crippen LogP contribution in [-0.2, 0) is 0 Å². The molecule has 156 valence electrons. The molecule has 9 heteroatoms. The van der Waals surface area contributed by atoms with E-state index in [0.717, 1.165) is 0 Å². The quantitative estimate of drug-likeness (QED) is 0.538. The summed E-state index contributed by atoms with van der Waals surface area (Å²) < 4.78 is 14.6. The Hall–Kier alpha value is -2.94. The van der Waals surface area contributed by atoms with Gasteiger partial charge in [-0.25, -0.2) is 9.37 Å². The van der Waals surface area contributed by atoms with Crippen LogP contribution in [0.4, 0.5) is 33.1 Å². The molecule has 0 atom stereocenters. The third-order valence-corrected chi connectivity index (χ3v) is 5.16. The van der Waals surface area contributed by atoms with E-state index in [0.29, 0.717) is 56.2 Å². The Kier molecular flexibility index (Phi) is 6.48. The molecule has 0 spiro atoms. The number of hydrogen-bond acceptors (Lipinski definition) is 7. The monoisotopic (exact) mass is 403 g/mol. The van der Waals surface area contributed by atoms with E-state index < -0.39 is 10.7 Å². The van der Waals surface area contributed by atoms with Crippen molar-refractivity contribution in [3.05, 3.63) is 46.3 Å². The van der Waals surface area contributed by atoms with Gasteiger partial charge in [0.2, 0.25) is 5.82 Å². The Balaban J connectivity index is 1.88. The number of nitrogens with zero attached hydrogens (tertiary/aromatic N) is 4. The Morgan fingerprint density at radius 1 is 1.28 bits per heavy atom. The molecular formula is C20H26FN5O3. The van der Waals surface area contributed by atoms with Crippen LogP contribution < -0.4 is 15.1 Å². The summed E-state index contributed by atoms with van der Waals surface area (Å²) in [6.07, 6.45) is 0.924. The van der Waals surface area contributed by atoms with Gasteiger partial charge in [0.05, 0.1) is 16.7 Å². The summed E-state index contributed by atoms with van der Waals surface area (Å²) in [5, 5.41) is 24.0. The molecule has 2 aromatic rings. The zero-order valence-electron chi connectivity index (χ0n) is 16.6. The van der Waals surface area contributed by atoms with Crippen LogP contribution in [0.15, 0.2) is 30.3 Å². The maximum atomic E-state index is 14.6. The van der Waals surface area contributed by atoms with Crippen LogP contribution in [0.5, 0.6) is 0 Å². The molecule has 0 saturated carbocycles. The predicted molar refractivity (Wildman–Crippen MR) is 112 cm³/mol. The summed E-state index contributed by atoms with van der Waals surface area (Å²) in [6.45, 7) is 6.51. The lowest BCUT2D eigenvalue weighted by atomic mass is 10.1. The molecule has 0 unspecified atom stereocenters. The van der Waals surface area contributed by atoms with Crippen molar-refractivity contribution in [2.75, 3.05) is 41.3 Å². The van der Waals surface area contributed by atoms with E-state index in [2.05, 4.69) is 10.3 Å². The second-order valence-electron chi connectivity index (χ2n) is 6.98. The number of aliphatic hydroxyl groups is 1. The minimum atomic E-state index is -0.514. The number of halogens is 1. The van der Waals surface area contributed by atoms with Crippen molar-refractivity contribution in [2.24, 2.45) is 0 Å². The van der Waals surface area contributed by atoms with Gasteiger partial charge in [-0.2, -0.15) is 0 Å². The highest BCUT2D eigenvalue weighted by molar-refractivity contribution is 5.69. The van der Waals surface area contributed by atoms with Crippen LogP contribution in [0.2, 0.25) is 0 Å². The summed E-state index contributed by atoms with van der Waals surface area (Å²) >= 11 is 0. The van der Waals surface area contributed by atoms with Crippen molar-refractivity contribution in [1.29, 1.82) is 0 Å². The predicted octanol–water partition coefficient (Wildman–Crippen LogP) is 3.68. The number of aliphatic hydroxyl groups excluding tert-OH is 1. The summed E-state index contributed by atoms with van der Waals surface area (Å²) in [6, 6.07) is 7.67. The minimum absolute atomic E-state index is 0.0635. The number of hydrogen-bond donors (Lipinski definition) is 2. The third kappa shape index (κ3) is 4.73. The molecule has 29 heavy (non-hydrogen) atoms. The van der Waals surface area contributed by atoms with Gasteiger partial charge >= 0.3 is 5.69 Å².